The number of hydrogen-bond acceptors (Lipinski definition) is 6. The van der Waals surface area contributed by atoms with Crippen LogP contribution < -0.4 is 5.84 Å². The van der Waals surface area contributed by atoms with Crippen LogP contribution in [0.15, 0.2) is 40.8 Å². The van der Waals surface area contributed by atoms with Crippen LogP contribution in [0.3, 0.4) is 0 Å². The molecular formula is C11H10N6S. The SMILES string of the molecule is Cc1nnc(Sc2ncnc3ccccc23)n1N. The average molecular weight is 258 g/mol. The van der Waals surface area contributed by atoms with Gasteiger partial charge in [0.05, 0.1) is 5.52 Å². The first-order valence-corrected chi connectivity index (χ1v) is 6.12. The summed E-state index contributed by atoms with van der Waals surface area (Å²) in [5, 5.41) is 10.3. The molecule has 0 amide bonds. The van der Waals surface area contributed by atoms with Crippen molar-refractivity contribution < 1.29 is 0 Å². The van der Waals surface area contributed by atoms with Crippen molar-refractivity contribution >= 4 is 22.7 Å². The molecule has 2 aromatic heterocycles. The predicted octanol–water partition coefficient (Wildman–Crippen LogP) is 1.39. The van der Waals surface area contributed by atoms with E-state index in [1.807, 2.05) is 24.3 Å². The van der Waals surface area contributed by atoms with Gasteiger partial charge in [-0.05, 0) is 24.8 Å². The molecule has 0 bridgehead atoms. The van der Waals surface area contributed by atoms with E-state index < -0.39 is 0 Å². The maximum Gasteiger partial charge on any atom is 0.216 e. The summed E-state index contributed by atoms with van der Waals surface area (Å²) in [6, 6.07) is 7.81. The zero-order valence-electron chi connectivity index (χ0n) is 9.61. The highest BCUT2D eigenvalue weighted by atomic mass is 32.2. The third-order valence-electron chi connectivity index (χ3n) is 2.53. The highest BCUT2D eigenvalue weighted by Crippen LogP contribution is 2.28. The molecule has 0 atom stereocenters. The fourth-order valence-corrected chi connectivity index (χ4v) is 2.43. The number of nitrogens with two attached hydrogens (primary N) is 1. The summed E-state index contributed by atoms with van der Waals surface area (Å²) in [6.07, 6.45) is 1.54. The Morgan fingerprint density at radius 3 is 2.78 bits per heavy atom. The molecule has 6 nitrogen and oxygen atoms in total. The molecule has 2 N–H and O–H groups in total. The van der Waals surface area contributed by atoms with Gasteiger partial charge in [0.25, 0.3) is 0 Å². The molecule has 0 aliphatic rings. The Morgan fingerprint density at radius 2 is 2.00 bits per heavy atom. The molecule has 0 spiro atoms. The van der Waals surface area contributed by atoms with Gasteiger partial charge in [-0.2, -0.15) is 0 Å². The minimum Gasteiger partial charge on any atom is -0.336 e. The van der Waals surface area contributed by atoms with Crippen molar-refractivity contribution in [3.05, 3.63) is 36.4 Å². The molecule has 2 heterocycles. The first kappa shape index (κ1) is 11.0. The van der Waals surface area contributed by atoms with Crippen LogP contribution in [0.5, 0.6) is 0 Å². The zero-order chi connectivity index (χ0) is 12.5. The number of aryl methyl sites for hydroxylation is 1. The molecule has 0 radical (unpaired) electrons. The van der Waals surface area contributed by atoms with Crippen LogP contribution >= 0.6 is 11.8 Å². The van der Waals surface area contributed by atoms with Gasteiger partial charge in [-0.25, -0.2) is 14.6 Å². The van der Waals surface area contributed by atoms with Crippen molar-refractivity contribution in [3.8, 4) is 0 Å². The van der Waals surface area contributed by atoms with Crippen LogP contribution in [0.1, 0.15) is 5.82 Å². The van der Waals surface area contributed by atoms with Crippen LogP contribution in [0.2, 0.25) is 0 Å². The Balaban J connectivity index is 2.08. The fourth-order valence-electron chi connectivity index (χ4n) is 1.57. The average Bonchev–Trinajstić information content (AvgIpc) is 2.71. The van der Waals surface area contributed by atoms with Gasteiger partial charge in [0, 0.05) is 5.39 Å². The first-order valence-electron chi connectivity index (χ1n) is 5.30. The first-order chi connectivity index (χ1) is 8.75. The van der Waals surface area contributed by atoms with E-state index >= 15 is 0 Å². The summed E-state index contributed by atoms with van der Waals surface area (Å²) >= 11 is 1.38. The summed E-state index contributed by atoms with van der Waals surface area (Å²) < 4.78 is 1.45. The van der Waals surface area contributed by atoms with Gasteiger partial charge < -0.3 is 5.84 Å². The lowest BCUT2D eigenvalue weighted by Gasteiger charge is -2.03. The summed E-state index contributed by atoms with van der Waals surface area (Å²) in [4.78, 5) is 8.48. The molecule has 1 aromatic carbocycles. The Kier molecular flexibility index (Phi) is 2.60. The lowest BCUT2D eigenvalue weighted by atomic mass is 10.2. The van der Waals surface area contributed by atoms with E-state index in [4.69, 9.17) is 5.84 Å². The molecule has 0 fully saturated rings. The lowest BCUT2D eigenvalue weighted by molar-refractivity contribution is 0.824. The Morgan fingerprint density at radius 1 is 1.17 bits per heavy atom. The summed E-state index contributed by atoms with van der Waals surface area (Å²) in [7, 11) is 0. The van der Waals surface area contributed by atoms with Crippen molar-refractivity contribution in [1.29, 1.82) is 0 Å². The third-order valence-corrected chi connectivity index (χ3v) is 3.51. The third kappa shape index (κ3) is 1.78. The van der Waals surface area contributed by atoms with Crippen LogP contribution in [0.4, 0.5) is 0 Å². The molecule has 3 rings (SSSR count). The molecule has 0 saturated heterocycles. The van der Waals surface area contributed by atoms with Gasteiger partial charge >= 0.3 is 0 Å². The molecule has 0 aliphatic heterocycles. The molecule has 0 aliphatic carbocycles. The van der Waals surface area contributed by atoms with Gasteiger partial charge in [0.1, 0.15) is 17.2 Å². The number of nitrogens with zero attached hydrogens (tertiary/aromatic N) is 5. The van der Waals surface area contributed by atoms with Crippen LogP contribution in [0, 0.1) is 6.92 Å². The Hall–Kier alpha value is -2.15. The normalized spacial score (nSPS) is 10.9. The number of benzene rings is 1. The van der Waals surface area contributed by atoms with E-state index in [-0.39, 0.29) is 0 Å². The van der Waals surface area contributed by atoms with Crippen molar-refractivity contribution in [2.45, 2.75) is 17.1 Å². The number of aromatic nitrogens is 5. The van der Waals surface area contributed by atoms with Crippen LogP contribution in [-0.4, -0.2) is 24.8 Å². The number of rotatable bonds is 2. The molecule has 7 heteroatoms. The van der Waals surface area contributed by atoms with E-state index in [2.05, 4.69) is 20.2 Å². The summed E-state index contributed by atoms with van der Waals surface area (Å²) in [5.74, 6) is 6.48. The highest BCUT2D eigenvalue weighted by Gasteiger charge is 2.11. The fraction of sp³-hybridized carbons (Fsp3) is 0.0909. The van der Waals surface area contributed by atoms with Crippen molar-refractivity contribution in [1.82, 2.24) is 24.8 Å². The molecule has 0 unspecified atom stereocenters. The van der Waals surface area contributed by atoms with Gasteiger partial charge in [0.15, 0.2) is 0 Å². The van der Waals surface area contributed by atoms with Crippen LogP contribution in [-0.2, 0) is 0 Å². The number of hydrogen-bond donors (Lipinski definition) is 1. The summed E-state index contributed by atoms with van der Waals surface area (Å²) in [5.41, 5.74) is 0.898. The van der Waals surface area contributed by atoms with Gasteiger partial charge in [-0.1, -0.05) is 18.2 Å². The minimum atomic E-state index is 0.608. The Bertz CT molecular complexity index is 702. The van der Waals surface area contributed by atoms with E-state index in [1.54, 1.807) is 6.92 Å². The zero-order valence-corrected chi connectivity index (χ0v) is 10.4. The largest absolute Gasteiger partial charge is 0.336 e. The van der Waals surface area contributed by atoms with Crippen LogP contribution in [0.25, 0.3) is 10.9 Å². The smallest absolute Gasteiger partial charge is 0.216 e. The second-order valence-electron chi connectivity index (χ2n) is 3.70. The molecule has 18 heavy (non-hydrogen) atoms. The maximum absolute atomic E-state index is 5.82. The molecule has 3 aromatic rings. The van der Waals surface area contributed by atoms with E-state index in [1.165, 1.54) is 22.8 Å². The monoisotopic (exact) mass is 258 g/mol. The van der Waals surface area contributed by atoms with Gasteiger partial charge in [-0.3, -0.25) is 0 Å². The standard InChI is InChI=1S/C11H10N6S/c1-7-15-16-11(17(7)12)18-10-8-4-2-3-5-9(8)13-6-14-10/h2-6H,12H2,1H3. The molecule has 90 valence electrons. The topological polar surface area (TPSA) is 82.5 Å². The maximum atomic E-state index is 5.82. The molecular weight excluding hydrogens is 248 g/mol. The van der Waals surface area contributed by atoms with Crippen molar-refractivity contribution in [3.63, 3.8) is 0 Å². The predicted molar refractivity (Wildman–Crippen MR) is 68.6 cm³/mol. The summed E-state index contributed by atoms with van der Waals surface area (Å²) in [6.45, 7) is 1.80. The number of fused-ring (bicyclic) bond motifs is 1. The second-order valence-corrected chi connectivity index (χ2v) is 4.65. The van der Waals surface area contributed by atoms with E-state index in [9.17, 15) is 0 Å². The minimum absolute atomic E-state index is 0.608. The number of para-hydroxylation sites is 1. The van der Waals surface area contributed by atoms with E-state index in [0.717, 1.165) is 15.9 Å². The van der Waals surface area contributed by atoms with Gasteiger partial charge in [0.2, 0.25) is 5.16 Å². The second kappa shape index (κ2) is 4.26. The molecule has 0 saturated carbocycles. The van der Waals surface area contributed by atoms with Crippen molar-refractivity contribution in [2.24, 2.45) is 0 Å². The van der Waals surface area contributed by atoms with Gasteiger partial charge in [-0.15, -0.1) is 10.2 Å². The van der Waals surface area contributed by atoms with Crippen molar-refractivity contribution in [2.75, 3.05) is 5.84 Å². The quantitative estimate of drug-likeness (QED) is 0.552. The Labute approximate surface area is 107 Å². The number of nitrogen functional groups attached to an aromatic ring is 1. The van der Waals surface area contributed by atoms with E-state index in [0.29, 0.717) is 11.0 Å². The lowest BCUT2D eigenvalue weighted by Crippen LogP contribution is -2.11. The highest BCUT2D eigenvalue weighted by molar-refractivity contribution is 7.99.